The number of carbonyl (C=O) groups is 3. The molecular formula is C14H19NO3. The number of nitrogens with two attached hydrogens (primary N) is 1. The zero-order valence-electron chi connectivity index (χ0n) is 11.2. The molecule has 0 heterocycles. The lowest BCUT2D eigenvalue weighted by molar-refractivity contribution is 0.1000. The molecule has 0 bridgehead atoms. The predicted molar refractivity (Wildman–Crippen MR) is 70.9 cm³/mol. The van der Waals surface area contributed by atoms with Gasteiger partial charge >= 0.3 is 0 Å². The normalized spacial score (nSPS) is 9.11. The van der Waals surface area contributed by atoms with E-state index in [1.165, 1.54) is 38.5 Å². The van der Waals surface area contributed by atoms with E-state index in [0.29, 0.717) is 11.1 Å². The van der Waals surface area contributed by atoms with E-state index < -0.39 is 5.91 Å². The van der Waals surface area contributed by atoms with Gasteiger partial charge in [0.15, 0.2) is 11.6 Å². The maximum absolute atomic E-state index is 11.1. The highest BCUT2D eigenvalue weighted by Gasteiger charge is 2.10. The molecule has 1 amide bonds. The van der Waals surface area contributed by atoms with Gasteiger partial charge in [0.1, 0.15) is 0 Å². The number of primary amides is 1. The molecule has 0 radical (unpaired) electrons. The molecule has 18 heavy (non-hydrogen) atoms. The summed E-state index contributed by atoms with van der Waals surface area (Å²) in [5.74, 6) is -1.07. The third kappa shape index (κ3) is 4.91. The third-order valence-electron chi connectivity index (χ3n) is 2.03. The molecule has 98 valence electrons. The molecule has 1 rings (SSSR count). The molecule has 0 saturated carbocycles. The Hall–Kier alpha value is -1.97. The first-order chi connectivity index (χ1) is 8.33. The molecule has 0 spiro atoms. The first kappa shape index (κ1) is 16.0. The Morgan fingerprint density at radius 3 is 1.39 bits per heavy atom. The Balaban J connectivity index is 0.000000873. The van der Waals surface area contributed by atoms with E-state index in [-0.39, 0.29) is 17.1 Å². The summed E-state index contributed by atoms with van der Waals surface area (Å²) in [5.41, 5.74) is 5.90. The SMILES string of the molecule is CC(=O)c1cc(C(C)=O)cc(C(N)=O)c1.CCC. The average Bonchev–Trinajstić information content (AvgIpc) is 2.29. The van der Waals surface area contributed by atoms with Crippen molar-refractivity contribution in [3.8, 4) is 0 Å². The molecule has 0 aromatic heterocycles. The Kier molecular flexibility index (Phi) is 6.57. The molecule has 4 heteroatoms. The second-order valence-corrected chi connectivity index (χ2v) is 3.98. The van der Waals surface area contributed by atoms with Crippen molar-refractivity contribution in [3.63, 3.8) is 0 Å². The molecule has 0 aliphatic rings. The Labute approximate surface area is 107 Å². The summed E-state index contributed by atoms with van der Waals surface area (Å²) in [7, 11) is 0. The lowest BCUT2D eigenvalue weighted by Gasteiger charge is -2.03. The molecular weight excluding hydrogens is 230 g/mol. The van der Waals surface area contributed by atoms with Gasteiger partial charge in [0, 0.05) is 16.7 Å². The van der Waals surface area contributed by atoms with Gasteiger partial charge < -0.3 is 5.73 Å². The summed E-state index contributed by atoms with van der Waals surface area (Å²) in [4.78, 5) is 33.2. The largest absolute Gasteiger partial charge is 0.366 e. The van der Waals surface area contributed by atoms with Crippen LogP contribution >= 0.6 is 0 Å². The molecule has 1 aromatic carbocycles. The molecule has 0 atom stereocenters. The smallest absolute Gasteiger partial charge is 0.248 e. The van der Waals surface area contributed by atoms with Crippen molar-refractivity contribution in [1.29, 1.82) is 0 Å². The third-order valence-corrected chi connectivity index (χ3v) is 2.03. The topological polar surface area (TPSA) is 77.2 Å². The first-order valence-corrected chi connectivity index (χ1v) is 5.80. The van der Waals surface area contributed by atoms with Crippen LogP contribution in [0.15, 0.2) is 18.2 Å². The Morgan fingerprint density at radius 1 is 0.889 bits per heavy atom. The van der Waals surface area contributed by atoms with Crippen LogP contribution in [-0.4, -0.2) is 17.5 Å². The Bertz CT molecular complexity index is 385. The summed E-state index contributed by atoms with van der Waals surface area (Å²) in [6, 6.07) is 4.23. The highest BCUT2D eigenvalue weighted by Crippen LogP contribution is 2.11. The molecule has 4 nitrogen and oxygen atoms in total. The fourth-order valence-corrected chi connectivity index (χ4v) is 1.18. The van der Waals surface area contributed by atoms with Crippen molar-refractivity contribution >= 4 is 17.5 Å². The monoisotopic (exact) mass is 249 g/mol. The minimum atomic E-state index is -0.652. The van der Waals surface area contributed by atoms with Crippen molar-refractivity contribution in [3.05, 3.63) is 34.9 Å². The summed E-state index contributed by atoms with van der Waals surface area (Å²) >= 11 is 0. The summed E-state index contributed by atoms with van der Waals surface area (Å²) in [5, 5.41) is 0. The molecule has 0 aliphatic carbocycles. The lowest BCUT2D eigenvalue weighted by atomic mass is 10.0. The van der Waals surface area contributed by atoms with Gasteiger partial charge in [-0.3, -0.25) is 14.4 Å². The van der Waals surface area contributed by atoms with E-state index in [1.54, 1.807) is 0 Å². The van der Waals surface area contributed by atoms with Gasteiger partial charge in [-0.05, 0) is 32.0 Å². The highest BCUT2D eigenvalue weighted by molar-refractivity contribution is 6.04. The number of amides is 1. The van der Waals surface area contributed by atoms with Crippen LogP contribution in [0.25, 0.3) is 0 Å². The fourth-order valence-electron chi connectivity index (χ4n) is 1.18. The zero-order chi connectivity index (χ0) is 14.3. The molecule has 0 unspecified atom stereocenters. The molecule has 0 saturated heterocycles. The average molecular weight is 249 g/mol. The Morgan fingerprint density at radius 2 is 1.17 bits per heavy atom. The maximum Gasteiger partial charge on any atom is 0.248 e. The van der Waals surface area contributed by atoms with Crippen LogP contribution in [0, 0.1) is 0 Å². The quantitative estimate of drug-likeness (QED) is 0.836. The second kappa shape index (κ2) is 7.37. The van der Waals surface area contributed by atoms with Crippen molar-refractivity contribution in [2.45, 2.75) is 34.1 Å². The van der Waals surface area contributed by atoms with Crippen LogP contribution in [0.5, 0.6) is 0 Å². The number of rotatable bonds is 3. The minimum Gasteiger partial charge on any atom is -0.366 e. The number of benzene rings is 1. The van der Waals surface area contributed by atoms with E-state index in [0.717, 1.165) is 0 Å². The van der Waals surface area contributed by atoms with Crippen LogP contribution in [0.1, 0.15) is 65.2 Å². The van der Waals surface area contributed by atoms with Gasteiger partial charge in [0.25, 0.3) is 0 Å². The van der Waals surface area contributed by atoms with Gasteiger partial charge in [0.05, 0.1) is 0 Å². The van der Waals surface area contributed by atoms with Crippen molar-refractivity contribution < 1.29 is 14.4 Å². The van der Waals surface area contributed by atoms with Crippen molar-refractivity contribution in [1.82, 2.24) is 0 Å². The minimum absolute atomic E-state index is 0.174. The molecule has 0 fully saturated rings. The van der Waals surface area contributed by atoms with E-state index in [9.17, 15) is 14.4 Å². The standard InChI is InChI=1S/C11H11NO3.C3H8/c1-6(13)8-3-9(7(2)14)5-10(4-8)11(12)15;1-3-2/h3-5H,1-2H3,(H2,12,15);3H2,1-2H3. The van der Waals surface area contributed by atoms with Crippen LogP contribution in [0.3, 0.4) is 0 Å². The predicted octanol–water partition coefficient (Wildman–Crippen LogP) is 2.61. The van der Waals surface area contributed by atoms with E-state index in [4.69, 9.17) is 5.73 Å². The van der Waals surface area contributed by atoms with Crippen molar-refractivity contribution in [2.24, 2.45) is 5.73 Å². The van der Waals surface area contributed by atoms with E-state index in [2.05, 4.69) is 13.8 Å². The summed E-state index contributed by atoms with van der Waals surface area (Å²) < 4.78 is 0. The fraction of sp³-hybridized carbons (Fsp3) is 0.357. The summed E-state index contributed by atoms with van der Waals surface area (Å²) in [6.45, 7) is 6.98. The van der Waals surface area contributed by atoms with E-state index in [1.807, 2.05) is 0 Å². The molecule has 0 aliphatic heterocycles. The van der Waals surface area contributed by atoms with Crippen LogP contribution in [-0.2, 0) is 0 Å². The van der Waals surface area contributed by atoms with Gasteiger partial charge in [0.2, 0.25) is 5.91 Å². The van der Waals surface area contributed by atoms with Crippen LogP contribution in [0.4, 0.5) is 0 Å². The maximum atomic E-state index is 11.1. The van der Waals surface area contributed by atoms with Gasteiger partial charge in [-0.2, -0.15) is 0 Å². The number of hydrogen-bond acceptors (Lipinski definition) is 3. The van der Waals surface area contributed by atoms with Crippen LogP contribution in [0.2, 0.25) is 0 Å². The highest BCUT2D eigenvalue weighted by atomic mass is 16.1. The molecule has 1 aromatic rings. The first-order valence-electron chi connectivity index (χ1n) is 5.80. The molecule has 2 N–H and O–H groups in total. The number of Topliss-reactive ketones (excluding diaryl/α,β-unsaturated/α-hetero) is 2. The zero-order valence-corrected chi connectivity index (χ0v) is 11.2. The second-order valence-electron chi connectivity index (χ2n) is 3.98. The number of hydrogen-bond donors (Lipinski definition) is 1. The van der Waals surface area contributed by atoms with E-state index >= 15 is 0 Å². The van der Waals surface area contributed by atoms with Gasteiger partial charge in [-0.1, -0.05) is 20.3 Å². The number of carbonyl (C=O) groups excluding carboxylic acids is 3. The lowest BCUT2D eigenvalue weighted by Crippen LogP contribution is -2.13. The van der Waals surface area contributed by atoms with Crippen molar-refractivity contribution in [2.75, 3.05) is 0 Å². The van der Waals surface area contributed by atoms with Gasteiger partial charge in [-0.25, -0.2) is 0 Å². The van der Waals surface area contributed by atoms with Gasteiger partial charge in [-0.15, -0.1) is 0 Å². The number of ketones is 2. The van der Waals surface area contributed by atoms with Crippen LogP contribution < -0.4 is 5.73 Å². The summed E-state index contributed by atoms with van der Waals surface area (Å²) in [6.07, 6.45) is 1.25.